The first-order chi connectivity index (χ1) is 8.74. The van der Waals surface area contributed by atoms with Crippen molar-refractivity contribution < 1.29 is 0 Å². The normalized spacial score (nSPS) is 14.7. The van der Waals surface area contributed by atoms with Gasteiger partial charge >= 0.3 is 0 Å². The molecule has 0 aromatic heterocycles. The SMILES string of the molecule is CCCCCCCCC([CH]C(C)CCC)CCC. The van der Waals surface area contributed by atoms with Crippen molar-refractivity contribution in [2.75, 3.05) is 0 Å². The summed E-state index contributed by atoms with van der Waals surface area (Å²) in [7, 11) is 0. The summed E-state index contributed by atoms with van der Waals surface area (Å²) < 4.78 is 0. The van der Waals surface area contributed by atoms with E-state index in [0.717, 1.165) is 11.8 Å². The first kappa shape index (κ1) is 18.0. The van der Waals surface area contributed by atoms with Crippen molar-refractivity contribution in [3.63, 3.8) is 0 Å². The lowest BCUT2D eigenvalue weighted by molar-refractivity contribution is 0.414. The van der Waals surface area contributed by atoms with E-state index in [1.165, 1.54) is 70.6 Å². The maximum atomic E-state index is 2.65. The van der Waals surface area contributed by atoms with Gasteiger partial charge in [0.15, 0.2) is 0 Å². The summed E-state index contributed by atoms with van der Waals surface area (Å²) in [5, 5.41) is 0. The van der Waals surface area contributed by atoms with E-state index in [1.807, 2.05) is 0 Å². The molecular formula is C18H37. The summed E-state index contributed by atoms with van der Waals surface area (Å²) in [6.45, 7) is 9.31. The summed E-state index contributed by atoms with van der Waals surface area (Å²) in [5.41, 5.74) is 0. The number of hydrogen-bond donors (Lipinski definition) is 0. The highest BCUT2D eigenvalue weighted by atomic mass is 14.2. The van der Waals surface area contributed by atoms with Gasteiger partial charge in [-0.3, -0.25) is 0 Å². The van der Waals surface area contributed by atoms with E-state index >= 15 is 0 Å². The van der Waals surface area contributed by atoms with Crippen LogP contribution in [-0.2, 0) is 0 Å². The number of unbranched alkanes of at least 4 members (excludes halogenated alkanes) is 5. The summed E-state index contributed by atoms with van der Waals surface area (Å²) in [6, 6.07) is 0. The second kappa shape index (κ2) is 13.4. The lowest BCUT2D eigenvalue weighted by Gasteiger charge is -2.20. The lowest BCUT2D eigenvalue weighted by Crippen LogP contribution is -2.08. The maximum absolute atomic E-state index is 2.65. The third kappa shape index (κ3) is 11.1. The third-order valence-corrected chi connectivity index (χ3v) is 3.93. The highest BCUT2D eigenvalue weighted by Gasteiger charge is 2.12. The fraction of sp³-hybridized carbons (Fsp3) is 0.944. The molecule has 0 aliphatic carbocycles. The summed E-state index contributed by atoms with van der Waals surface area (Å²) in [5.74, 6) is 1.72. The fourth-order valence-corrected chi connectivity index (χ4v) is 2.91. The van der Waals surface area contributed by atoms with Gasteiger partial charge < -0.3 is 0 Å². The molecule has 0 aromatic rings. The Morgan fingerprint density at radius 1 is 0.667 bits per heavy atom. The minimum Gasteiger partial charge on any atom is -0.0654 e. The van der Waals surface area contributed by atoms with Crippen molar-refractivity contribution in [3.05, 3.63) is 6.42 Å². The van der Waals surface area contributed by atoms with Crippen LogP contribution in [0, 0.1) is 18.3 Å². The second-order valence-corrected chi connectivity index (χ2v) is 6.06. The van der Waals surface area contributed by atoms with Crippen molar-refractivity contribution in [2.45, 2.75) is 98.3 Å². The molecule has 0 aliphatic rings. The van der Waals surface area contributed by atoms with Crippen LogP contribution in [0.2, 0.25) is 0 Å². The van der Waals surface area contributed by atoms with E-state index in [9.17, 15) is 0 Å². The van der Waals surface area contributed by atoms with Crippen molar-refractivity contribution >= 4 is 0 Å². The molecule has 0 saturated carbocycles. The zero-order valence-corrected chi connectivity index (χ0v) is 13.5. The molecule has 0 fully saturated rings. The molecule has 0 N–H and O–H groups in total. The Bertz CT molecular complexity index is 150. The Morgan fingerprint density at radius 3 is 1.89 bits per heavy atom. The van der Waals surface area contributed by atoms with Crippen molar-refractivity contribution in [1.82, 2.24) is 0 Å². The third-order valence-electron chi connectivity index (χ3n) is 3.93. The van der Waals surface area contributed by atoms with Crippen LogP contribution in [0.1, 0.15) is 98.3 Å². The number of hydrogen-bond acceptors (Lipinski definition) is 0. The quantitative estimate of drug-likeness (QED) is 0.317. The molecule has 1 radical (unpaired) electrons. The van der Waals surface area contributed by atoms with Crippen LogP contribution in [0.25, 0.3) is 0 Å². The zero-order valence-electron chi connectivity index (χ0n) is 13.5. The molecule has 0 saturated heterocycles. The van der Waals surface area contributed by atoms with Gasteiger partial charge in [0, 0.05) is 0 Å². The van der Waals surface area contributed by atoms with Crippen molar-refractivity contribution in [2.24, 2.45) is 11.8 Å². The minimum atomic E-state index is 0.826. The molecule has 18 heavy (non-hydrogen) atoms. The summed E-state index contributed by atoms with van der Waals surface area (Å²) in [4.78, 5) is 0. The largest absolute Gasteiger partial charge is 0.0654 e. The van der Waals surface area contributed by atoms with Gasteiger partial charge in [-0.2, -0.15) is 0 Å². The molecule has 0 bridgehead atoms. The minimum absolute atomic E-state index is 0.826. The van der Waals surface area contributed by atoms with E-state index < -0.39 is 0 Å². The van der Waals surface area contributed by atoms with E-state index in [0.29, 0.717) is 0 Å². The Balaban J connectivity index is 3.62. The van der Waals surface area contributed by atoms with E-state index in [4.69, 9.17) is 0 Å². The van der Waals surface area contributed by atoms with Gasteiger partial charge in [0.05, 0.1) is 0 Å². The Kier molecular flexibility index (Phi) is 13.4. The summed E-state index contributed by atoms with van der Waals surface area (Å²) >= 11 is 0. The van der Waals surface area contributed by atoms with Crippen molar-refractivity contribution in [1.29, 1.82) is 0 Å². The van der Waals surface area contributed by atoms with Gasteiger partial charge in [-0.25, -0.2) is 0 Å². The molecule has 0 rings (SSSR count). The fourth-order valence-electron chi connectivity index (χ4n) is 2.91. The highest BCUT2D eigenvalue weighted by Crippen LogP contribution is 2.24. The van der Waals surface area contributed by atoms with Crippen LogP contribution in [0.5, 0.6) is 0 Å². The average molecular weight is 253 g/mol. The molecule has 0 aromatic carbocycles. The predicted octanol–water partition coefficient (Wildman–Crippen LogP) is 6.79. The lowest BCUT2D eigenvalue weighted by atomic mass is 9.86. The van der Waals surface area contributed by atoms with Gasteiger partial charge in [0.25, 0.3) is 0 Å². The summed E-state index contributed by atoms with van der Waals surface area (Å²) in [6.07, 6.45) is 18.1. The Labute approximate surface area is 117 Å². The second-order valence-electron chi connectivity index (χ2n) is 6.06. The van der Waals surface area contributed by atoms with Crippen LogP contribution in [0.15, 0.2) is 0 Å². The average Bonchev–Trinajstić information content (AvgIpc) is 2.34. The van der Waals surface area contributed by atoms with E-state index in [1.54, 1.807) is 0 Å². The van der Waals surface area contributed by atoms with E-state index in [-0.39, 0.29) is 0 Å². The van der Waals surface area contributed by atoms with E-state index in [2.05, 4.69) is 34.1 Å². The molecule has 2 atom stereocenters. The zero-order chi connectivity index (χ0) is 13.6. The van der Waals surface area contributed by atoms with Crippen LogP contribution >= 0.6 is 0 Å². The predicted molar refractivity (Wildman–Crippen MR) is 84.8 cm³/mol. The van der Waals surface area contributed by atoms with Crippen molar-refractivity contribution in [3.8, 4) is 0 Å². The Morgan fingerprint density at radius 2 is 1.28 bits per heavy atom. The molecule has 0 amide bonds. The topological polar surface area (TPSA) is 0 Å². The number of rotatable bonds is 13. The van der Waals surface area contributed by atoms with Gasteiger partial charge in [0.2, 0.25) is 0 Å². The first-order valence-electron chi connectivity index (χ1n) is 8.59. The molecule has 0 spiro atoms. The van der Waals surface area contributed by atoms with Gasteiger partial charge in [-0.15, -0.1) is 0 Å². The van der Waals surface area contributed by atoms with Gasteiger partial charge in [0.1, 0.15) is 0 Å². The molecule has 0 nitrogen and oxygen atoms in total. The molecule has 0 aliphatic heterocycles. The Hall–Kier alpha value is 0. The smallest absolute Gasteiger partial charge is 0.0326 e. The molecule has 0 heteroatoms. The standard InChI is InChI=1S/C18H37/c1-5-8-9-10-11-12-15-18(14-7-3)16-17(4)13-6-2/h16-18H,5-15H2,1-4H3. The van der Waals surface area contributed by atoms with Crippen LogP contribution < -0.4 is 0 Å². The van der Waals surface area contributed by atoms with Crippen LogP contribution in [-0.4, -0.2) is 0 Å². The highest BCUT2D eigenvalue weighted by molar-refractivity contribution is 4.81. The molecule has 2 unspecified atom stereocenters. The van der Waals surface area contributed by atoms with Crippen LogP contribution in [0.4, 0.5) is 0 Å². The first-order valence-corrected chi connectivity index (χ1v) is 8.59. The molecule has 0 heterocycles. The van der Waals surface area contributed by atoms with Gasteiger partial charge in [-0.1, -0.05) is 98.3 Å². The van der Waals surface area contributed by atoms with Gasteiger partial charge in [-0.05, 0) is 18.3 Å². The van der Waals surface area contributed by atoms with Crippen LogP contribution in [0.3, 0.4) is 0 Å². The monoisotopic (exact) mass is 253 g/mol. The maximum Gasteiger partial charge on any atom is -0.0326 e. The molecular weight excluding hydrogens is 216 g/mol. The molecule has 109 valence electrons.